The Bertz CT molecular complexity index is 105. The van der Waals surface area contributed by atoms with E-state index in [0.29, 0.717) is 5.91 Å². The lowest BCUT2D eigenvalue weighted by atomic mass is 10.4. The first-order valence-electron chi connectivity index (χ1n) is 3.45. The maximum atomic E-state index is 10.7. The second kappa shape index (κ2) is 5.20. The number of carbonyl (C=O) groups is 1. The molecule has 0 aromatic rings. The summed E-state index contributed by atoms with van der Waals surface area (Å²) in [5, 5.41) is 0. The van der Waals surface area contributed by atoms with Crippen molar-refractivity contribution in [2.75, 3.05) is 13.1 Å². The number of nitrogens with zero attached hydrogens (tertiary/aromatic N) is 1. The molecule has 1 aliphatic rings. The number of hydrogen-bond donors (Lipinski definition) is 2. The van der Waals surface area contributed by atoms with E-state index in [0.717, 1.165) is 25.9 Å². The number of nitrogens with two attached hydrogens (primary N) is 2. The summed E-state index contributed by atoms with van der Waals surface area (Å²) in [6.07, 6.45) is 1.83. The van der Waals surface area contributed by atoms with Gasteiger partial charge >= 0.3 is 0 Å². The van der Waals surface area contributed by atoms with Gasteiger partial charge in [0.2, 0.25) is 5.91 Å². The van der Waals surface area contributed by atoms with Crippen LogP contribution in [0.3, 0.4) is 0 Å². The van der Waals surface area contributed by atoms with E-state index in [1.807, 2.05) is 11.8 Å². The van der Waals surface area contributed by atoms with Crippen LogP contribution in [-0.2, 0) is 4.79 Å². The van der Waals surface area contributed by atoms with Crippen LogP contribution in [0.2, 0.25) is 0 Å². The quantitative estimate of drug-likeness (QED) is 0.384. The molecule has 1 heterocycles. The van der Waals surface area contributed by atoms with Crippen LogP contribution in [0.1, 0.15) is 19.8 Å². The Balaban J connectivity index is 0.000000371. The minimum Gasteiger partial charge on any atom is -0.343 e. The van der Waals surface area contributed by atoms with Gasteiger partial charge < -0.3 is 4.90 Å². The molecule has 1 saturated heterocycles. The second-order valence-corrected chi connectivity index (χ2v) is 2.08. The molecule has 4 N–H and O–H groups in total. The minimum absolute atomic E-state index is 0.326. The van der Waals surface area contributed by atoms with Crippen molar-refractivity contribution in [1.82, 2.24) is 4.90 Å². The van der Waals surface area contributed by atoms with Crippen LogP contribution in [0, 0.1) is 0 Å². The molecule has 10 heavy (non-hydrogen) atoms. The molecule has 0 unspecified atom stereocenters. The highest BCUT2D eigenvalue weighted by molar-refractivity contribution is 5.77. The largest absolute Gasteiger partial charge is 0.343 e. The number of hydrazine groups is 1. The van der Waals surface area contributed by atoms with Crippen LogP contribution in [0.25, 0.3) is 0 Å². The van der Waals surface area contributed by atoms with Gasteiger partial charge in [-0.05, 0) is 13.3 Å². The fourth-order valence-electron chi connectivity index (χ4n) is 1.04. The van der Waals surface area contributed by atoms with Crippen molar-refractivity contribution >= 4 is 5.91 Å². The van der Waals surface area contributed by atoms with Crippen LogP contribution >= 0.6 is 0 Å². The summed E-state index contributed by atoms with van der Waals surface area (Å²) in [4.78, 5) is 12.6. The molecule has 1 rings (SSSR count). The summed E-state index contributed by atoms with van der Waals surface area (Å²) in [6, 6.07) is 0. The molecule has 0 atom stereocenters. The van der Waals surface area contributed by atoms with Crippen LogP contribution in [0.15, 0.2) is 0 Å². The molecule has 0 aromatic heterocycles. The highest BCUT2D eigenvalue weighted by Gasteiger charge is 2.16. The van der Waals surface area contributed by atoms with Crippen molar-refractivity contribution in [3.63, 3.8) is 0 Å². The molecule has 0 aliphatic carbocycles. The zero-order valence-corrected chi connectivity index (χ0v) is 6.34. The fourth-order valence-corrected chi connectivity index (χ4v) is 1.04. The lowest BCUT2D eigenvalue weighted by molar-refractivity contribution is -0.127. The van der Waals surface area contributed by atoms with E-state index in [2.05, 4.69) is 11.7 Å². The minimum atomic E-state index is 0.326. The first-order chi connectivity index (χ1) is 4.84. The lowest BCUT2D eigenvalue weighted by Gasteiger charge is -2.10. The van der Waals surface area contributed by atoms with E-state index in [4.69, 9.17) is 0 Å². The Morgan fingerprint density at radius 3 is 2.40 bits per heavy atom. The SMILES string of the molecule is CCN1CCCC1=O.NN. The predicted octanol–water partition coefficient (Wildman–Crippen LogP) is -0.552. The Hall–Kier alpha value is -0.610. The summed E-state index contributed by atoms with van der Waals surface area (Å²) >= 11 is 0. The van der Waals surface area contributed by atoms with Crippen molar-refractivity contribution in [3.8, 4) is 0 Å². The van der Waals surface area contributed by atoms with Gasteiger partial charge in [0.25, 0.3) is 0 Å². The summed E-state index contributed by atoms with van der Waals surface area (Å²) < 4.78 is 0. The third-order valence-corrected chi connectivity index (χ3v) is 1.55. The van der Waals surface area contributed by atoms with Crippen molar-refractivity contribution in [2.24, 2.45) is 11.7 Å². The molecule has 1 aliphatic heterocycles. The first-order valence-corrected chi connectivity index (χ1v) is 3.45. The third-order valence-electron chi connectivity index (χ3n) is 1.55. The smallest absolute Gasteiger partial charge is 0.222 e. The summed E-state index contributed by atoms with van der Waals surface area (Å²) in [6.45, 7) is 3.89. The van der Waals surface area contributed by atoms with Crippen molar-refractivity contribution in [1.29, 1.82) is 0 Å². The van der Waals surface area contributed by atoms with E-state index in [9.17, 15) is 4.79 Å². The molecule has 60 valence electrons. The number of amides is 1. The molecular weight excluding hydrogens is 130 g/mol. The van der Waals surface area contributed by atoms with Gasteiger partial charge in [-0.1, -0.05) is 0 Å². The number of rotatable bonds is 1. The molecule has 0 saturated carbocycles. The van der Waals surface area contributed by atoms with Gasteiger partial charge in [0.1, 0.15) is 0 Å². The van der Waals surface area contributed by atoms with E-state index in [-0.39, 0.29) is 0 Å². The third kappa shape index (κ3) is 2.33. The van der Waals surface area contributed by atoms with Gasteiger partial charge in [-0.15, -0.1) is 0 Å². The Labute approximate surface area is 61.1 Å². The molecule has 1 fully saturated rings. The number of hydrogen-bond acceptors (Lipinski definition) is 3. The average molecular weight is 145 g/mol. The molecule has 0 bridgehead atoms. The van der Waals surface area contributed by atoms with Crippen LogP contribution < -0.4 is 11.7 Å². The fraction of sp³-hybridized carbons (Fsp3) is 0.833. The van der Waals surface area contributed by atoms with Crippen LogP contribution in [0.4, 0.5) is 0 Å². The topological polar surface area (TPSA) is 72.3 Å². The highest BCUT2D eigenvalue weighted by Crippen LogP contribution is 2.07. The maximum absolute atomic E-state index is 10.7. The number of likely N-dealkylation sites (tertiary alicyclic amines) is 1. The van der Waals surface area contributed by atoms with E-state index in [1.165, 1.54) is 0 Å². The van der Waals surface area contributed by atoms with Crippen molar-refractivity contribution in [2.45, 2.75) is 19.8 Å². The molecule has 1 amide bonds. The van der Waals surface area contributed by atoms with E-state index >= 15 is 0 Å². The van der Waals surface area contributed by atoms with E-state index < -0.39 is 0 Å². The predicted molar refractivity (Wildman–Crippen MR) is 39.9 cm³/mol. The summed E-state index contributed by atoms with van der Waals surface area (Å²) in [5.74, 6) is 8.33. The van der Waals surface area contributed by atoms with Gasteiger partial charge in [0, 0.05) is 19.5 Å². The molecular formula is C6H15N3O. The van der Waals surface area contributed by atoms with Gasteiger partial charge in [0.05, 0.1) is 0 Å². The zero-order chi connectivity index (χ0) is 7.98. The van der Waals surface area contributed by atoms with Gasteiger partial charge in [-0.25, -0.2) is 0 Å². The Morgan fingerprint density at radius 2 is 2.20 bits per heavy atom. The Morgan fingerprint density at radius 1 is 1.60 bits per heavy atom. The second-order valence-electron chi connectivity index (χ2n) is 2.08. The van der Waals surface area contributed by atoms with Gasteiger partial charge in [-0.3, -0.25) is 16.5 Å². The molecule has 0 spiro atoms. The Kier molecular flexibility index (Phi) is 4.88. The average Bonchev–Trinajstić information content (AvgIpc) is 2.39. The summed E-state index contributed by atoms with van der Waals surface area (Å²) in [5.41, 5.74) is 0. The number of carbonyl (C=O) groups excluding carboxylic acids is 1. The molecule has 0 aromatic carbocycles. The summed E-state index contributed by atoms with van der Waals surface area (Å²) in [7, 11) is 0. The van der Waals surface area contributed by atoms with Crippen molar-refractivity contribution < 1.29 is 4.79 Å². The maximum Gasteiger partial charge on any atom is 0.222 e. The molecule has 4 nitrogen and oxygen atoms in total. The first kappa shape index (κ1) is 9.39. The van der Waals surface area contributed by atoms with E-state index in [1.54, 1.807) is 0 Å². The molecule has 0 radical (unpaired) electrons. The highest BCUT2D eigenvalue weighted by atomic mass is 16.2. The lowest BCUT2D eigenvalue weighted by Crippen LogP contribution is -2.23. The standard InChI is InChI=1S/C6H11NO.H4N2/c1-2-7-5-3-4-6(7)8;1-2/h2-5H2,1H3;1-2H2. The monoisotopic (exact) mass is 145 g/mol. The van der Waals surface area contributed by atoms with Crippen LogP contribution in [0.5, 0.6) is 0 Å². The zero-order valence-electron chi connectivity index (χ0n) is 6.34. The van der Waals surface area contributed by atoms with Gasteiger partial charge in [0.15, 0.2) is 0 Å². The van der Waals surface area contributed by atoms with Gasteiger partial charge in [-0.2, -0.15) is 0 Å². The molecule has 4 heteroatoms. The normalized spacial score (nSPS) is 16.7. The van der Waals surface area contributed by atoms with Crippen LogP contribution in [-0.4, -0.2) is 23.9 Å². The van der Waals surface area contributed by atoms with Crippen molar-refractivity contribution in [3.05, 3.63) is 0 Å².